The number of aliphatic hydroxyl groups is 2. The summed E-state index contributed by atoms with van der Waals surface area (Å²) in [6.45, 7) is 6.56. The summed E-state index contributed by atoms with van der Waals surface area (Å²) in [5, 5.41) is 20.2. The van der Waals surface area contributed by atoms with Gasteiger partial charge >= 0.3 is 0 Å². The van der Waals surface area contributed by atoms with Gasteiger partial charge in [-0.2, -0.15) is 0 Å². The average molecular weight is 317 g/mol. The van der Waals surface area contributed by atoms with E-state index >= 15 is 0 Å². The fourth-order valence-corrected chi connectivity index (χ4v) is 3.81. The van der Waals surface area contributed by atoms with Crippen LogP contribution in [-0.2, 0) is 6.54 Å². The van der Waals surface area contributed by atoms with E-state index in [-0.39, 0.29) is 12.0 Å². The maximum absolute atomic E-state index is 10.4. The molecule has 0 unspecified atom stereocenters. The Morgan fingerprint density at radius 1 is 1.35 bits per heavy atom. The number of likely N-dealkylation sites (tertiary alicyclic amines) is 1. The second-order valence-electron chi connectivity index (χ2n) is 6.99. The first-order valence-corrected chi connectivity index (χ1v) is 8.52. The highest BCUT2D eigenvalue weighted by Crippen LogP contribution is 2.35. The Kier molecular flexibility index (Phi) is 4.71. The maximum Gasteiger partial charge on any atom is 0.137 e. The molecule has 0 aromatic carbocycles. The van der Waals surface area contributed by atoms with Gasteiger partial charge in [-0.15, -0.1) is 0 Å². The largest absolute Gasteiger partial charge is 0.396 e. The average Bonchev–Trinajstić information content (AvgIpc) is 2.92. The summed E-state index contributed by atoms with van der Waals surface area (Å²) in [7, 11) is 0. The van der Waals surface area contributed by atoms with Crippen LogP contribution in [0.15, 0.2) is 24.5 Å². The maximum atomic E-state index is 10.4. The number of pyridine rings is 1. The van der Waals surface area contributed by atoms with Crippen molar-refractivity contribution >= 4 is 5.65 Å². The van der Waals surface area contributed by atoms with Crippen molar-refractivity contribution in [1.82, 2.24) is 14.3 Å². The van der Waals surface area contributed by atoms with Gasteiger partial charge in [-0.3, -0.25) is 4.90 Å². The number of aryl methyl sites for hydroxylation is 1. The molecule has 23 heavy (non-hydrogen) atoms. The molecule has 5 nitrogen and oxygen atoms in total. The van der Waals surface area contributed by atoms with E-state index in [0.717, 1.165) is 43.8 Å². The fourth-order valence-electron chi connectivity index (χ4n) is 3.81. The van der Waals surface area contributed by atoms with E-state index in [1.807, 2.05) is 6.07 Å². The lowest BCUT2D eigenvalue weighted by Crippen LogP contribution is -2.53. The number of piperidine rings is 1. The molecule has 1 saturated heterocycles. The predicted molar refractivity (Wildman–Crippen MR) is 90.3 cm³/mol. The van der Waals surface area contributed by atoms with Crippen LogP contribution in [0.5, 0.6) is 0 Å². The summed E-state index contributed by atoms with van der Waals surface area (Å²) >= 11 is 0. The van der Waals surface area contributed by atoms with Crippen molar-refractivity contribution < 1.29 is 10.2 Å². The first-order chi connectivity index (χ1) is 11.1. The van der Waals surface area contributed by atoms with Gasteiger partial charge in [0.1, 0.15) is 5.65 Å². The monoisotopic (exact) mass is 317 g/mol. The molecule has 0 aliphatic carbocycles. The molecule has 2 N–H and O–H groups in total. The predicted octanol–water partition coefficient (Wildman–Crippen LogP) is 1.99. The molecule has 0 radical (unpaired) electrons. The van der Waals surface area contributed by atoms with E-state index in [1.54, 1.807) is 0 Å². The smallest absolute Gasteiger partial charge is 0.137 e. The van der Waals surface area contributed by atoms with E-state index in [2.05, 4.69) is 46.6 Å². The van der Waals surface area contributed by atoms with Gasteiger partial charge in [0, 0.05) is 37.4 Å². The van der Waals surface area contributed by atoms with Crippen molar-refractivity contribution in [2.24, 2.45) is 5.41 Å². The molecule has 1 aliphatic rings. The molecule has 0 spiro atoms. The van der Waals surface area contributed by atoms with Crippen molar-refractivity contribution in [3.8, 4) is 0 Å². The number of rotatable bonds is 5. The standard InChI is InChI=1S/C18H27N3O2/c1-3-7-18(13-22)12-20(8-6-16(18)23)10-15-11-21-9-14(2)4-5-17(21)19-15/h4-5,9,11,16,22-23H,3,6-8,10,12-13H2,1-2H3/t16-,18+/m1/s1. The van der Waals surface area contributed by atoms with E-state index in [0.29, 0.717) is 6.42 Å². The molecular formula is C18H27N3O2. The van der Waals surface area contributed by atoms with Gasteiger partial charge in [0.25, 0.3) is 0 Å². The van der Waals surface area contributed by atoms with E-state index < -0.39 is 6.10 Å². The van der Waals surface area contributed by atoms with Gasteiger partial charge in [-0.1, -0.05) is 19.4 Å². The molecule has 1 aliphatic heterocycles. The van der Waals surface area contributed by atoms with Crippen molar-refractivity contribution in [2.45, 2.75) is 45.8 Å². The Morgan fingerprint density at radius 3 is 2.91 bits per heavy atom. The summed E-state index contributed by atoms with van der Waals surface area (Å²) in [6.07, 6.45) is 6.29. The minimum absolute atomic E-state index is 0.0445. The molecule has 3 heterocycles. The quantitative estimate of drug-likeness (QED) is 0.885. The van der Waals surface area contributed by atoms with E-state index in [4.69, 9.17) is 0 Å². The van der Waals surface area contributed by atoms with E-state index in [1.165, 1.54) is 5.56 Å². The molecule has 5 heteroatoms. The molecule has 0 amide bonds. The number of aromatic nitrogens is 2. The summed E-state index contributed by atoms with van der Waals surface area (Å²) in [5.74, 6) is 0. The summed E-state index contributed by atoms with van der Waals surface area (Å²) in [6, 6.07) is 4.11. The number of aliphatic hydroxyl groups excluding tert-OH is 2. The van der Waals surface area contributed by atoms with Gasteiger partial charge in [0.15, 0.2) is 0 Å². The number of imidazole rings is 1. The lowest BCUT2D eigenvalue weighted by molar-refractivity contribution is -0.0821. The van der Waals surface area contributed by atoms with Crippen molar-refractivity contribution in [2.75, 3.05) is 19.7 Å². The number of hydrogen-bond donors (Lipinski definition) is 2. The number of nitrogens with zero attached hydrogens (tertiary/aromatic N) is 3. The zero-order valence-corrected chi connectivity index (χ0v) is 14.1. The van der Waals surface area contributed by atoms with Crippen molar-refractivity contribution in [1.29, 1.82) is 0 Å². The second kappa shape index (κ2) is 6.59. The van der Waals surface area contributed by atoms with Crippen LogP contribution in [-0.4, -0.2) is 50.3 Å². The van der Waals surface area contributed by atoms with Gasteiger partial charge in [0.05, 0.1) is 18.4 Å². The van der Waals surface area contributed by atoms with Crippen molar-refractivity contribution in [3.63, 3.8) is 0 Å². The Balaban J connectivity index is 1.76. The molecular weight excluding hydrogens is 290 g/mol. The minimum Gasteiger partial charge on any atom is -0.396 e. The first kappa shape index (κ1) is 16.4. The van der Waals surface area contributed by atoms with Crippen LogP contribution in [0.1, 0.15) is 37.4 Å². The lowest BCUT2D eigenvalue weighted by atomic mass is 9.74. The molecule has 3 rings (SSSR count). The third-order valence-electron chi connectivity index (χ3n) is 5.06. The summed E-state index contributed by atoms with van der Waals surface area (Å²) < 4.78 is 2.06. The topological polar surface area (TPSA) is 61.0 Å². The third-order valence-corrected chi connectivity index (χ3v) is 5.06. The van der Waals surface area contributed by atoms with Crippen LogP contribution in [0.3, 0.4) is 0 Å². The second-order valence-corrected chi connectivity index (χ2v) is 6.99. The van der Waals surface area contributed by atoms with Crippen LogP contribution in [0.25, 0.3) is 5.65 Å². The number of fused-ring (bicyclic) bond motifs is 1. The zero-order chi connectivity index (χ0) is 16.4. The highest BCUT2D eigenvalue weighted by atomic mass is 16.3. The first-order valence-electron chi connectivity index (χ1n) is 8.52. The molecule has 2 aromatic heterocycles. The van der Waals surface area contributed by atoms with Gasteiger partial charge in [0.2, 0.25) is 0 Å². The lowest BCUT2D eigenvalue weighted by Gasteiger charge is -2.45. The molecule has 0 bridgehead atoms. The molecule has 0 saturated carbocycles. The minimum atomic E-state index is -0.410. The van der Waals surface area contributed by atoms with Gasteiger partial charge in [-0.05, 0) is 31.4 Å². The van der Waals surface area contributed by atoms with Crippen molar-refractivity contribution in [3.05, 3.63) is 35.8 Å². The zero-order valence-electron chi connectivity index (χ0n) is 14.1. The molecule has 2 aromatic rings. The Labute approximate surface area is 137 Å². The summed E-state index contributed by atoms with van der Waals surface area (Å²) in [4.78, 5) is 7.00. The van der Waals surface area contributed by atoms with E-state index in [9.17, 15) is 10.2 Å². The normalized spacial score (nSPS) is 26.0. The van der Waals surface area contributed by atoms with Crippen LogP contribution >= 0.6 is 0 Å². The molecule has 1 fully saturated rings. The van der Waals surface area contributed by atoms with Crippen LogP contribution in [0, 0.1) is 12.3 Å². The van der Waals surface area contributed by atoms with Crippen LogP contribution in [0.2, 0.25) is 0 Å². The highest BCUT2D eigenvalue weighted by molar-refractivity contribution is 5.41. The fraction of sp³-hybridized carbons (Fsp3) is 0.611. The van der Waals surface area contributed by atoms with Crippen LogP contribution < -0.4 is 0 Å². The van der Waals surface area contributed by atoms with Crippen LogP contribution in [0.4, 0.5) is 0 Å². The highest BCUT2D eigenvalue weighted by Gasteiger charge is 2.41. The molecule has 126 valence electrons. The summed E-state index contributed by atoms with van der Waals surface area (Å²) in [5.41, 5.74) is 2.83. The Bertz CT molecular complexity index is 669. The number of hydrogen-bond acceptors (Lipinski definition) is 4. The van der Waals surface area contributed by atoms with Gasteiger partial charge < -0.3 is 14.6 Å². The Morgan fingerprint density at radius 2 is 2.17 bits per heavy atom. The molecule has 2 atom stereocenters. The van der Waals surface area contributed by atoms with Gasteiger partial charge in [-0.25, -0.2) is 4.98 Å². The SMILES string of the molecule is CCC[C@@]1(CO)CN(Cc2cn3cc(C)ccc3n2)CC[C@H]1O. The third kappa shape index (κ3) is 3.27. The Hall–Kier alpha value is -1.43.